The van der Waals surface area contributed by atoms with E-state index in [1.54, 1.807) is 4.90 Å². The van der Waals surface area contributed by atoms with E-state index in [2.05, 4.69) is 15.3 Å². The van der Waals surface area contributed by atoms with Crippen LogP contribution in [0.25, 0.3) is 0 Å². The first-order valence-corrected chi connectivity index (χ1v) is 9.15. The van der Waals surface area contributed by atoms with Crippen molar-refractivity contribution >= 4 is 17.8 Å². The second-order valence-electron chi connectivity index (χ2n) is 7.10. The molecule has 1 unspecified atom stereocenters. The highest BCUT2D eigenvalue weighted by Crippen LogP contribution is 2.29. The smallest absolute Gasteiger partial charge is 0.240 e. The molecular formula is C18H27N5O2. The zero-order valence-corrected chi connectivity index (χ0v) is 15.1. The molecule has 0 spiro atoms. The number of likely N-dealkylation sites (tertiary alicyclic amines) is 1. The Balaban J connectivity index is 1.65. The molecule has 7 heteroatoms. The summed E-state index contributed by atoms with van der Waals surface area (Å²) >= 11 is 0. The Morgan fingerprint density at radius 2 is 2.12 bits per heavy atom. The molecule has 0 radical (unpaired) electrons. The molecule has 2 aliphatic rings. The number of aromatic nitrogens is 2. The number of nitrogens with zero attached hydrogens (tertiary/aromatic N) is 4. The van der Waals surface area contributed by atoms with Gasteiger partial charge in [-0.2, -0.15) is 0 Å². The van der Waals surface area contributed by atoms with Gasteiger partial charge in [0.15, 0.2) is 0 Å². The highest BCUT2D eigenvalue weighted by molar-refractivity contribution is 5.85. The summed E-state index contributed by atoms with van der Waals surface area (Å²) in [6, 6.07) is -0.0606. The zero-order chi connectivity index (χ0) is 17.8. The van der Waals surface area contributed by atoms with Gasteiger partial charge in [-0.1, -0.05) is 6.42 Å². The summed E-state index contributed by atoms with van der Waals surface area (Å²) in [4.78, 5) is 37.1. The first-order valence-electron chi connectivity index (χ1n) is 9.15. The van der Waals surface area contributed by atoms with E-state index in [4.69, 9.17) is 0 Å². The van der Waals surface area contributed by atoms with Crippen LogP contribution in [0.2, 0.25) is 0 Å². The lowest BCUT2D eigenvalue weighted by atomic mass is 9.92. The van der Waals surface area contributed by atoms with Crippen molar-refractivity contribution in [1.29, 1.82) is 0 Å². The van der Waals surface area contributed by atoms with Gasteiger partial charge in [0.05, 0.1) is 18.3 Å². The fraction of sp³-hybridized carbons (Fsp3) is 0.667. The van der Waals surface area contributed by atoms with Gasteiger partial charge in [-0.3, -0.25) is 9.59 Å². The summed E-state index contributed by atoms with van der Waals surface area (Å²) < 4.78 is 0. The molecule has 0 saturated carbocycles. The van der Waals surface area contributed by atoms with Crippen LogP contribution in [0.15, 0.2) is 6.20 Å². The first-order chi connectivity index (χ1) is 12.0. The molecule has 1 aromatic rings. The highest BCUT2D eigenvalue weighted by Gasteiger charge is 2.26. The lowest BCUT2D eigenvalue weighted by Gasteiger charge is -2.27. The topological polar surface area (TPSA) is 78.4 Å². The number of amides is 2. The first kappa shape index (κ1) is 17.6. The summed E-state index contributed by atoms with van der Waals surface area (Å²) in [5, 5.41) is 3.09. The van der Waals surface area contributed by atoms with Crippen LogP contribution >= 0.6 is 0 Å². The van der Waals surface area contributed by atoms with E-state index in [-0.39, 0.29) is 24.4 Å². The minimum Gasteiger partial charge on any atom is -0.348 e. The molecule has 1 aliphatic heterocycles. The molecular weight excluding hydrogens is 318 g/mol. The summed E-state index contributed by atoms with van der Waals surface area (Å²) in [6.45, 7) is 0.837. The molecule has 1 N–H and O–H groups in total. The normalized spacial score (nSPS) is 20.6. The van der Waals surface area contributed by atoms with Gasteiger partial charge < -0.3 is 15.1 Å². The van der Waals surface area contributed by atoms with Gasteiger partial charge in [-0.15, -0.1) is 0 Å². The van der Waals surface area contributed by atoms with Crippen LogP contribution in [0.4, 0.5) is 5.95 Å². The van der Waals surface area contributed by atoms with E-state index in [0.717, 1.165) is 49.8 Å². The molecule has 1 saturated heterocycles. The predicted molar refractivity (Wildman–Crippen MR) is 95.2 cm³/mol. The predicted octanol–water partition coefficient (Wildman–Crippen LogP) is 1.44. The van der Waals surface area contributed by atoms with Crippen molar-refractivity contribution in [3.8, 4) is 0 Å². The number of anilines is 1. The Kier molecular flexibility index (Phi) is 5.50. The molecule has 1 aliphatic carbocycles. The van der Waals surface area contributed by atoms with Gasteiger partial charge in [0.1, 0.15) is 0 Å². The van der Waals surface area contributed by atoms with Crippen LogP contribution in [0.3, 0.4) is 0 Å². The standard InChI is InChI=1S/C18H27N5O2/c1-22(2)18-19-11-13-14(7-6-8-15(13)21-18)20-16(24)12-23-10-5-3-4-9-17(23)25/h11,14H,3-10,12H2,1-2H3,(H,20,24). The Labute approximate surface area is 148 Å². The molecule has 136 valence electrons. The van der Waals surface area contributed by atoms with Gasteiger partial charge in [0.2, 0.25) is 17.8 Å². The monoisotopic (exact) mass is 345 g/mol. The minimum absolute atomic E-state index is 0.0606. The van der Waals surface area contributed by atoms with E-state index in [1.807, 2.05) is 25.2 Å². The molecule has 25 heavy (non-hydrogen) atoms. The number of fused-ring (bicyclic) bond motifs is 1. The number of aryl methyl sites for hydroxylation is 1. The van der Waals surface area contributed by atoms with Crippen molar-refractivity contribution in [1.82, 2.24) is 20.2 Å². The highest BCUT2D eigenvalue weighted by atomic mass is 16.2. The number of nitrogens with one attached hydrogen (secondary N) is 1. The van der Waals surface area contributed by atoms with Crippen LogP contribution < -0.4 is 10.2 Å². The summed E-state index contributed by atoms with van der Waals surface area (Å²) in [5.74, 6) is 0.696. The third kappa shape index (κ3) is 4.27. The van der Waals surface area contributed by atoms with Crippen molar-refractivity contribution < 1.29 is 9.59 Å². The van der Waals surface area contributed by atoms with E-state index in [9.17, 15) is 9.59 Å². The second-order valence-corrected chi connectivity index (χ2v) is 7.10. The van der Waals surface area contributed by atoms with E-state index in [1.165, 1.54) is 0 Å². The molecule has 0 bridgehead atoms. The average Bonchev–Trinajstić information content (AvgIpc) is 2.79. The lowest BCUT2D eigenvalue weighted by Crippen LogP contribution is -2.42. The van der Waals surface area contributed by atoms with Crippen LogP contribution in [-0.2, 0) is 16.0 Å². The average molecular weight is 345 g/mol. The molecule has 1 atom stereocenters. The largest absolute Gasteiger partial charge is 0.348 e. The number of carbonyl (C=O) groups is 2. The van der Waals surface area contributed by atoms with Crippen molar-refractivity contribution in [2.75, 3.05) is 32.1 Å². The molecule has 2 heterocycles. The Hall–Kier alpha value is -2.18. The van der Waals surface area contributed by atoms with Gasteiger partial charge in [0, 0.05) is 38.8 Å². The second kappa shape index (κ2) is 7.80. The van der Waals surface area contributed by atoms with Crippen LogP contribution in [0, 0.1) is 0 Å². The molecule has 3 rings (SSSR count). The number of carbonyl (C=O) groups excluding carboxylic acids is 2. The molecule has 7 nitrogen and oxygen atoms in total. The fourth-order valence-corrected chi connectivity index (χ4v) is 3.52. The van der Waals surface area contributed by atoms with Gasteiger partial charge in [-0.25, -0.2) is 9.97 Å². The minimum atomic E-state index is -0.0928. The number of rotatable bonds is 4. The molecule has 1 fully saturated rings. The van der Waals surface area contributed by atoms with Crippen molar-refractivity contribution in [2.24, 2.45) is 0 Å². The van der Waals surface area contributed by atoms with Crippen LogP contribution in [-0.4, -0.2) is 53.9 Å². The van der Waals surface area contributed by atoms with Crippen LogP contribution in [0.1, 0.15) is 55.8 Å². The van der Waals surface area contributed by atoms with Crippen molar-refractivity contribution in [3.05, 3.63) is 17.5 Å². The maximum Gasteiger partial charge on any atom is 0.240 e. The third-order valence-electron chi connectivity index (χ3n) is 4.91. The number of hydrogen-bond donors (Lipinski definition) is 1. The summed E-state index contributed by atoms with van der Waals surface area (Å²) in [7, 11) is 3.84. The number of hydrogen-bond acceptors (Lipinski definition) is 5. The molecule has 2 amide bonds. The Morgan fingerprint density at radius 3 is 2.92 bits per heavy atom. The quantitative estimate of drug-likeness (QED) is 0.893. The van der Waals surface area contributed by atoms with Gasteiger partial charge in [0.25, 0.3) is 0 Å². The van der Waals surface area contributed by atoms with Crippen molar-refractivity contribution in [2.45, 2.75) is 51.0 Å². The fourth-order valence-electron chi connectivity index (χ4n) is 3.52. The van der Waals surface area contributed by atoms with Crippen LogP contribution in [0.5, 0.6) is 0 Å². The Bertz CT molecular complexity index is 646. The van der Waals surface area contributed by atoms with E-state index in [0.29, 0.717) is 18.9 Å². The van der Waals surface area contributed by atoms with E-state index >= 15 is 0 Å². The van der Waals surface area contributed by atoms with E-state index < -0.39 is 0 Å². The maximum atomic E-state index is 12.5. The van der Waals surface area contributed by atoms with Crippen molar-refractivity contribution in [3.63, 3.8) is 0 Å². The molecule has 1 aromatic heterocycles. The maximum absolute atomic E-state index is 12.5. The van der Waals surface area contributed by atoms with Gasteiger partial charge in [-0.05, 0) is 32.1 Å². The van der Waals surface area contributed by atoms with Gasteiger partial charge >= 0.3 is 0 Å². The summed E-state index contributed by atoms with van der Waals surface area (Å²) in [5.41, 5.74) is 2.02. The molecule has 0 aromatic carbocycles. The Morgan fingerprint density at radius 1 is 1.28 bits per heavy atom. The summed E-state index contributed by atoms with van der Waals surface area (Å²) in [6.07, 6.45) is 8.15. The third-order valence-corrected chi connectivity index (χ3v) is 4.91. The lowest BCUT2D eigenvalue weighted by molar-refractivity contribution is -0.135. The zero-order valence-electron chi connectivity index (χ0n) is 15.1. The SMILES string of the molecule is CN(C)c1ncc2c(n1)CCCC2NC(=O)CN1CCCCCC1=O.